The second-order valence-corrected chi connectivity index (χ2v) is 3.69. The van der Waals surface area contributed by atoms with Gasteiger partial charge in [-0.2, -0.15) is 0 Å². The van der Waals surface area contributed by atoms with Crippen molar-refractivity contribution in [2.75, 3.05) is 0 Å². The maximum Gasteiger partial charge on any atom is 0.418 e. The highest BCUT2D eigenvalue weighted by Gasteiger charge is 2.11. The number of H-pyrrole nitrogens is 1. The third kappa shape index (κ3) is 1.23. The van der Waals surface area contributed by atoms with Gasteiger partial charge in [0.1, 0.15) is 5.52 Å². The van der Waals surface area contributed by atoms with Gasteiger partial charge in [0.05, 0.1) is 0 Å². The molecule has 14 heavy (non-hydrogen) atoms. The van der Waals surface area contributed by atoms with Crippen molar-refractivity contribution < 1.29 is 4.42 Å². The number of pyridine rings is 1. The van der Waals surface area contributed by atoms with Crippen LogP contribution in [-0.2, 0) is 0 Å². The first-order valence-electron chi connectivity index (χ1n) is 4.58. The average Bonchev–Trinajstić information content (AvgIpc) is 2.46. The average molecular weight is 192 g/mol. The molecule has 2 heterocycles. The van der Waals surface area contributed by atoms with Crippen LogP contribution in [0.2, 0.25) is 0 Å². The molecule has 0 unspecified atom stereocenters. The number of oxazole rings is 1. The molecule has 0 bridgehead atoms. The Balaban J connectivity index is 2.80. The molecule has 0 radical (unpaired) electrons. The maximum absolute atomic E-state index is 11.0. The molecule has 0 aromatic carbocycles. The third-order valence-electron chi connectivity index (χ3n) is 2.38. The Morgan fingerprint density at radius 3 is 2.86 bits per heavy atom. The lowest BCUT2D eigenvalue weighted by Gasteiger charge is -2.07. The summed E-state index contributed by atoms with van der Waals surface area (Å²) in [7, 11) is 0. The largest absolute Gasteiger partial charge is 0.418 e. The van der Waals surface area contributed by atoms with Gasteiger partial charge in [0.2, 0.25) is 5.71 Å². The van der Waals surface area contributed by atoms with Crippen molar-refractivity contribution in [2.24, 2.45) is 0 Å². The zero-order chi connectivity index (χ0) is 10.3. The predicted molar refractivity (Wildman–Crippen MR) is 53.5 cm³/mol. The summed E-state index contributed by atoms with van der Waals surface area (Å²) in [6.07, 6.45) is 1.76. The lowest BCUT2D eigenvalue weighted by molar-refractivity contribution is 0.545. The summed E-state index contributed by atoms with van der Waals surface area (Å²) in [5.74, 6) is -0.0539. The van der Waals surface area contributed by atoms with Gasteiger partial charge in [0.15, 0.2) is 0 Å². The van der Waals surface area contributed by atoms with E-state index in [0.29, 0.717) is 17.1 Å². The van der Waals surface area contributed by atoms with Crippen LogP contribution in [0.25, 0.3) is 11.2 Å². The SMILES string of the molecule is Cc1c(C(C)C)cnc2oc(=O)[nH]c12. The Bertz CT molecular complexity index is 522. The van der Waals surface area contributed by atoms with Crippen molar-refractivity contribution in [3.63, 3.8) is 0 Å². The first kappa shape index (κ1) is 8.99. The van der Waals surface area contributed by atoms with Gasteiger partial charge in [0, 0.05) is 6.20 Å². The fraction of sp³-hybridized carbons (Fsp3) is 0.400. The van der Waals surface area contributed by atoms with E-state index in [1.165, 1.54) is 0 Å². The fourth-order valence-electron chi connectivity index (χ4n) is 1.62. The topological polar surface area (TPSA) is 58.9 Å². The number of nitrogens with one attached hydrogen (secondary N) is 1. The molecule has 4 heteroatoms. The van der Waals surface area contributed by atoms with Crippen molar-refractivity contribution in [3.8, 4) is 0 Å². The van der Waals surface area contributed by atoms with E-state index in [0.717, 1.165) is 11.1 Å². The number of aryl methyl sites for hydroxylation is 1. The molecular weight excluding hydrogens is 180 g/mol. The maximum atomic E-state index is 11.0. The smallest absolute Gasteiger partial charge is 0.389 e. The summed E-state index contributed by atoms with van der Waals surface area (Å²) >= 11 is 0. The van der Waals surface area contributed by atoms with E-state index in [2.05, 4.69) is 23.8 Å². The molecule has 0 aliphatic carbocycles. The van der Waals surface area contributed by atoms with Crippen LogP contribution in [0.15, 0.2) is 15.4 Å². The Hall–Kier alpha value is -1.58. The quantitative estimate of drug-likeness (QED) is 0.751. The van der Waals surface area contributed by atoms with Crippen molar-refractivity contribution in [3.05, 3.63) is 27.9 Å². The van der Waals surface area contributed by atoms with Crippen LogP contribution in [0.4, 0.5) is 0 Å². The van der Waals surface area contributed by atoms with Crippen LogP contribution in [0, 0.1) is 6.92 Å². The molecule has 0 aliphatic heterocycles. The fourth-order valence-corrected chi connectivity index (χ4v) is 1.62. The Morgan fingerprint density at radius 1 is 1.50 bits per heavy atom. The minimum atomic E-state index is -0.448. The summed E-state index contributed by atoms with van der Waals surface area (Å²) in [5.41, 5.74) is 3.27. The molecule has 0 fully saturated rings. The molecule has 0 atom stereocenters. The van der Waals surface area contributed by atoms with Gasteiger partial charge in [-0.25, -0.2) is 9.78 Å². The van der Waals surface area contributed by atoms with Crippen LogP contribution < -0.4 is 5.76 Å². The molecule has 0 saturated heterocycles. The summed E-state index contributed by atoms with van der Waals surface area (Å²) in [4.78, 5) is 17.7. The van der Waals surface area contributed by atoms with Crippen molar-refractivity contribution in [1.29, 1.82) is 0 Å². The van der Waals surface area contributed by atoms with Gasteiger partial charge in [-0.15, -0.1) is 0 Å². The molecular formula is C10H12N2O2. The Morgan fingerprint density at radius 2 is 2.21 bits per heavy atom. The number of nitrogens with zero attached hydrogens (tertiary/aromatic N) is 1. The Kier molecular flexibility index (Phi) is 1.91. The lowest BCUT2D eigenvalue weighted by atomic mass is 10.0. The molecule has 0 saturated carbocycles. The van der Waals surface area contributed by atoms with Crippen LogP contribution in [0.3, 0.4) is 0 Å². The molecule has 2 rings (SSSR count). The van der Waals surface area contributed by atoms with E-state index in [1.807, 2.05) is 6.92 Å². The van der Waals surface area contributed by atoms with Crippen LogP contribution in [-0.4, -0.2) is 9.97 Å². The molecule has 74 valence electrons. The van der Waals surface area contributed by atoms with E-state index >= 15 is 0 Å². The van der Waals surface area contributed by atoms with E-state index in [9.17, 15) is 4.79 Å². The highest BCUT2D eigenvalue weighted by molar-refractivity contribution is 5.73. The number of hydrogen-bond acceptors (Lipinski definition) is 3. The first-order valence-corrected chi connectivity index (χ1v) is 4.58. The van der Waals surface area contributed by atoms with Crippen molar-refractivity contribution >= 4 is 11.2 Å². The van der Waals surface area contributed by atoms with E-state index in [-0.39, 0.29) is 0 Å². The first-order chi connectivity index (χ1) is 6.59. The van der Waals surface area contributed by atoms with Gasteiger partial charge >= 0.3 is 5.76 Å². The standard InChI is InChI=1S/C10H12N2O2/c1-5(2)7-4-11-9-8(6(7)3)12-10(13)14-9/h4-5H,1-3H3,(H,12,13). The lowest BCUT2D eigenvalue weighted by Crippen LogP contribution is -1.96. The normalized spacial score (nSPS) is 11.4. The molecule has 0 spiro atoms. The van der Waals surface area contributed by atoms with E-state index in [4.69, 9.17) is 4.42 Å². The second-order valence-electron chi connectivity index (χ2n) is 3.69. The number of hydrogen-bond donors (Lipinski definition) is 1. The second kappa shape index (κ2) is 2.97. The minimum absolute atomic E-state index is 0.386. The summed E-state index contributed by atoms with van der Waals surface area (Å²) < 4.78 is 4.86. The van der Waals surface area contributed by atoms with Crippen LogP contribution in [0.5, 0.6) is 0 Å². The molecule has 1 N–H and O–H groups in total. The summed E-state index contributed by atoms with van der Waals surface area (Å²) in [6, 6.07) is 0. The van der Waals surface area contributed by atoms with E-state index < -0.39 is 5.76 Å². The molecule has 2 aromatic heterocycles. The molecule has 0 aliphatic rings. The van der Waals surface area contributed by atoms with Gasteiger partial charge in [-0.05, 0) is 24.0 Å². The number of aromatic nitrogens is 2. The summed E-state index contributed by atoms with van der Waals surface area (Å²) in [5, 5.41) is 0. The summed E-state index contributed by atoms with van der Waals surface area (Å²) in [6.45, 7) is 6.15. The minimum Gasteiger partial charge on any atom is -0.389 e. The van der Waals surface area contributed by atoms with Crippen molar-refractivity contribution in [2.45, 2.75) is 26.7 Å². The van der Waals surface area contributed by atoms with Crippen LogP contribution in [0.1, 0.15) is 30.9 Å². The van der Waals surface area contributed by atoms with Crippen LogP contribution >= 0.6 is 0 Å². The van der Waals surface area contributed by atoms with Gasteiger partial charge in [-0.1, -0.05) is 13.8 Å². The Labute approximate surface area is 81.0 Å². The van der Waals surface area contributed by atoms with Gasteiger partial charge in [0.25, 0.3) is 0 Å². The number of fused-ring (bicyclic) bond motifs is 1. The van der Waals surface area contributed by atoms with E-state index in [1.54, 1.807) is 6.20 Å². The zero-order valence-electron chi connectivity index (χ0n) is 8.42. The highest BCUT2D eigenvalue weighted by Crippen LogP contribution is 2.22. The van der Waals surface area contributed by atoms with Gasteiger partial charge in [-0.3, -0.25) is 4.98 Å². The van der Waals surface area contributed by atoms with Gasteiger partial charge < -0.3 is 4.42 Å². The molecule has 0 amide bonds. The predicted octanol–water partition coefficient (Wildman–Crippen LogP) is 1.95. The number of rotatable bonds is 1. The monoisotopic (exact) mass is 192 g/mol. The third-order valence-corrected chi connectivity index (χ3v) is 2.38. The highest BCUT2D eigenvalue weighted by atomic mass is 16.4. The zero-order valence-corrected chi connectivity index (χ0v) is 8.42. The molecule has 2 aromatic rings. The van der Waals surface area contributed by atoms with Crippen molar-refractivity contribution in [1.82, 2.24) is 9.97 Å². The molecule has 4 nitrogen and oxygen atoms in total. The number of aromatic amines is 1.